The Hall–Kier alpha value is -1.14. The second-order valence-electron chi connectivity index (χ2n) is 4.76. The van der Waals surface area contributed by atoms with Gasteiger partial charge in [-0.15, -0.1) is 0 Å². The topological polar surface area (TPSA) is 42.8 Å². The molecule has 0 aliphatic carbocycles. The zero-order valence-electron chi connectivity index (χ0n) is 12.4. The number of aromatic amines is 1. The maximum Gasteiger partial charge on any atom is 0.195 e. The van der Waals surface area contributed by atoms with Crippen molar-refractivity contribution in [2.75, 3.05) is 6.61 Å². The molecule has 0 unspecified atom stereocenters. The molecule has 0 spiro atoms. The lowest BCUT2D eigenvalue weighted by Gasteiger charge is -2.09. The largest absolute Gasteiger partial charge is 0.492 e. The highest BCUT2D eigenvalue weighted by atomic mass is 79.9. The van der Waals surface area contributed by atoms with Crippen LogP contribution in [0.4, 0.5) is 0 Å². The van der Waals surface area contributed by atoms with Crippen LogP contribution in [0.25, 0.3) is 0 Å². The molecule has 1 aromatic carbocycles. The average Bonchev–Trinajstić information content (AvgIpc) is 2.84. The first-order chi connectivity index (χ1) is 10.2. The van der Waals surface area contributed by atoms with E-state index in [9.17, 15) is 0 Å². The van der Waals surface area contributed by atoms with E-state index in [2.05, 4.69) is 52.1 Å². The summed E-state index contributed by atoms with van der Waals surface area (Å²) in [5.41, 5.74) is 1.30. The number of hydrogen-bond donors (Lipinski definition) is 1. The van der Waals surface area contributed by atoms with Gasteiger partial charge in [0.1, 0.15) is 11.6 Å². The van der Waals surface area contributed by atoms with Gasteiger partial charge in [-0.05, 0) is 65.6 Å². The van der Waals surface area contributed by atoms with Crippen LogP contribution < -0.4 is 4.74 Å². The van der Waals surface area contributed by atoms with Gasteiger partial charge in [-0.2, -0.15) is 5.10 Å². The third-order valence-electron chi connectivity index (χ3n) is 3.36. The van der Waals surface area contributed by atoms with Gasteiger partial charge < -0.3 is 9.30 Å². The quantitative estimate of drug-likeness (QED) is 0.584. The number of benzene rings is 1. The number of H-pyrrole nitrogens is 1. The van der Waals surface area contributed by atoms with Crippen molar-refractivity contribution in [2.24, 2.45) is 0 Å². The summed E-state index contributed by atoms with van der Waals surface area (Å²) in [6.45, 7) is 5.71. The third-order valence-corrected chi connectivity index (χ3v) is 4.29. The number of aromatic nitrogens is 3. The van der Waals surface area contributed by atoms with E-state index < -0.39 is 0 Å². The van der Waals surface area contributed by atoms with E-state index in [-0.39, 0.29) is 0 Å². The highest BCUT2D eigenvalue weighted by Gasteiger charge is 2.05. The average molecular weight is 370 g/mol. The summed E-state index contributed by atoms with van der Waals surface area (Å²) in [6.07, 6.45) is 2.78. The molecule has 2 aromatic rings. The van der Waals surface area contributed by atoms with Crippen LogP contribution in [0.2, 0.25) is 0 Å². The number of ether oxygens (including phenoxy) is 1. The van der Waals surface area contributed by atoms with Crippen LogP contribution in [-0.4, -0.2) is 21.4 Å². The molecule has 0 amide bonds. The highest BCUT2D eigenvalue weighted by Crippen LogP contribution is 2.26. The summed E-state index contributed by atoms with van der Waals surface area (Å²) in [7, 11) is 0. The molecule has 0 saturated heterocycles. The first-order valence-corrected chi connectivity index (χ1v) is 8.41. The van der Waals surface area contributed by atoms with Crippen LogP contribution in [-0.2, 0) is 19.4 Å². The van der Waals surface area contributed by atoms with Crippen molar-refractivity contribution in [2.45, 2.75) is 39.7 Å². The van der Waals surface area contributed by atoms with Crippen molar-refractivity contribution in [1.29, 1.82) is 0 Å². The van der Waals surface area contributed by atoms with E-state index in [1.165, 1.54) is 5.56 Å². The SMILES string of the molecule is CCc1ccc(OCCCc2n[nH]c(=S)n2CC)c(Br)c1. The molecule has 0 fully saturated rings. The zero-order valence-corrected chi connectivity index (χ0v) is 14.8. The van der Waals surface area contributed by atoms with E-state index >= 15 is 0 Å². The number of rotatable bonds is 7. The van der Waals surface area contributed by atoms with Gasteiger partial charge in [-0.25, -0.2) is 0 Å². The standard InChI is InChI=1S/C15H20BrN3OS/c1-3-11-7-8-13(12(16)10-11)20-9-5-6-14-17-18-15(21)19(14)4-2/h7-8,10H,3-6,9H2,1-2H3,(H,18,21). The number of hydrogen-bond acceptors (Lipinski definition) is 3. The molecule has 21 heavy (non-hydrogen) atoms. The Labute approximate surface area is 138 Å². The lowest BCUT2D eigenvalue weighted by Crippen LogP contribution is -2.05. The Morgan fingerprint density at radius 3 is 2.86 bits per heavy atom. The molecular weight excluding hydrogens is 350 g/mol. The van der Waals surface area contributed by atoms with E-state index in [1.54, 1.807) is 0 Å². The number of halogens is 1. The first kappa shape index (κ1) is 16.2. The molecule has 114 valence electrons. The van der Waals surface area contributed by atoms with Gasteiger partial charge in [0.05, 0.1) is 11.1 Å². The molecule has 0 saturated carbocycles. The summed E-state index contributed by atoms with van der Waals surface area (Å²) in [5.74, 6) is 1.88. The molecule has 0 aliphatic rings. The van der Waals surface area contributed by atoms with Crippen molar-refractivity contribution >= 4 is 28.1 Å². The molecule has 0 aliphatic heterocycles. The lowest BCUT2D eigenvalue weighted by atomic mass is 10.2. The van der Waals surface area contributed by atoms with Crippen LogP contribution in [0.1, 0.15) is 31.7 Å². The molecule has 0 atom stereocenters. The summed E-state index contributed by atoms with van der Waals surface area (Å²) >= 11 is 8.73. The minimum atomic E-state index is 0.660. The van der Waals surface area contributed by atoms with Crippen LogP contribution in [0.15, 0.2) is 22.7 Å². The van der Waals surface area contributed by atoms with Crippen molar-refractivity contribution in [3.05, 3.63) is 38.8 Å². The summed E-state index contributed by atoms with van der Waals surface area (Å²) in [4.78, 5) is 0. The smallest absolute Gasteiger partial charge is 0.195 e. The van der Waals surface area contributed by atoms with Crippen molar-refractivity contribution < 1.29 is 4.74 Å². The van der Waals surface area contributed by atoms with Crippen LogP contribution in [0.5, 0.6) is 5.75 Å². The van der Waals surface area contributed by atoms with Crippen molar-refractivity contribution in [1.82, 2.24) is 14.8 Å². The molecular formula is C15H20BrN3OS. The van der Waals surface area contributed by atoms with Gasteiger partial charge in [0.2, 0.25) is 0 Å². The Kier molecular flexibility index (Phi) is 5.99. The van der Waals surface area contributed by atoms with Gasteiger partial charge in [0, 0.05) is 13.0 Å². The Morgan fingerprint density at radius 1 is 1.38 bits per heavy atom. The lowest BCUT2D eigenvalue weighted by molar-refractivity contribution is 0.307. The summed E-state index contributed by atoms with van der Waals surface area (Å²) in [5, 5.41) is 7.09. The Morgan fingerprint density at radius 2 is 2.19 bits per heavy atom. The van der Waals surface area contributed by atoms with E-state index in [4.69, 9.17) is 17.0 Å². The Balaban J connectivity index is 1.86. The predicted molar refractivity (Wildman–Crippen MR) is 90.4 cm³/mol. The third kappa shape index (κ3) is 4.17. The molecule has 6 heteroatoms. The fourth-order valence-electron chi connectivity index (χ4n) is 2.16. The fourth-order valence-corrected chi connectivity index (χ4v) is 2.98. The molecule has 0 bridgehead atoms. The van der Waals surface area contributed by atoms with Crippen molar-refractivity contribution in [3.8, 4) is 5.75 Å². The van der Waals surface area contributed by atoms with Gasteiger partial charge >= 0.3 is 0 Å². The molecule has 2 rings (SSSR count). The second-order valence-corrected chi connectivity index (χ2v) is 6.00. The molecule has 1 aromatic heterocycles. The van der Waals surface area contributed by atoms with Crippen LogP contribution >= 0.6 is 28.1 Å². The van der Waals surface area contributed by atoms with E-state index in [0.29, 0.717) is 11.4 Å². The predicted octanol–water partition coefficient (Wildman–Crippen LogP) is 4.30. The maximum absolute atomic E-state index is 5.82. The number of nitrogens with zero attached hydrogens (tertiary/aromatic N) is 2. The minimum Gasteiger partial charge on any atom is -0.492 e. The second kappa shape index (κ2) is 7.75. The van der Waals surface area contributed by atoms with Crippen LogP contribution in [0, 0.1) is 4.77 Å². The van der Waals surface area contributed by atoms with Gasteiger partial charge in [-0.1, -0.05) is 13.0 Å². The van der Waals surface area contributed by atoms with Crippen LogP contribution in [0.3, 0.4) is 0 Å². The number of nitrogens with one attached hydrogen (secondary N) is 1. The Bertz CT molecular complexity index is 651. The molecule has 0 radical (unpaired) electrons. The first-order valence-electron chi connectivity index (χ1n) is 7.21. The van der Waals surface area contributed by atoms with Gasteiger partial charge in [0.15, 0.2) is 4.77 Å². The summed E-state index contributed by atoms with van der Waals surface area (Å²) in [6, 6.07) is 6.23. The normalized spacial score (nSPS) is 10.8. The minimum absolute atomic E-state index is 0.660. The number of aryl methyl sites for hydroxylation is 2. The van der Waals surface area contributed by atoms with E-state index in [1.807, 2.05) is 10.6 Å². The maximum atomic E-state index is 5.82. The van der Waals surface area contributed by atoms with Crippen molar-refractivity contribution in [3.63, 3.8) is 0 Å². The summed E-state index contributed by atoms with van der Waals surface area (Å²) < 4.78 is 9.53. The van der Waals surface area contributed by atoms with Gasteiger partial charge in [-0.3, -0.25) is 5.10 Å². The molecule has 1 heterocycles. The molecule has 4 nitrogen and oxygen atoms in total. The van der Waals surface area contributed by atoms with E-state index in [0.717, 1.165) is 41.9 Å². The zero-order chi connectivity index (χ0) is 15.2. The highest BCUT2D eigenvalue weighted by molar-refractivity contribution is 9.10. The molecule has 1 N–H and O–H groups in total. The fraction of sp³-hybridized carbons (Fsp3) is 0.467. The van der Waals surface area contributed by atoms with Gasteiger partial charge in [0.25, 0.3) is 0 Å². The monoisotopic (exact) mass is 369 g/mol.